The molecule has 1 aliphatic rings. The van der Waals surface area contributed by atoms with E-state index >= 15 is 0 Å². The largest absolute Gasteiger partial charge is 0.393 e. The Hall–Kier alpha value is -0.680. The van der Waals surface area contributed by atoms with Crippen LogP contribution in [0.3, 0.4) is 0 Å². The van der Waals surface area contributed by atoms with Gasteiger partial charge in [-0.2, -0.15) is 0 Å². The highest BCUT2D eigenvalue weighted by Crippen LogP contribution is 2.20. The predicted octanol–water partition coefficient (Wildman–Crippen LogP) is -0.463. The Morgan fingerprint density at radius 1 is 1.36 bits per heavy atom. The summed E-state index contributed by atoms with van der Waals surface area (Å²) in [7, 11) is 0. The molecular formula is C6H11NO4. The zero-order valence-corrected chi connectivity index (χ0v) is 6.01. The fraction of sp³-hybridized carbons (Fsp3) is 1.00. The molecule has 0 aromatic rings. The topological polar surface area (TPSA) is 83.6 Å². The molecule has 1 fully saturated rings. The lowest BCUT2D eigenvalue weighted by atomic mass is 9.91. The summed E-state index contributed by atoms with van der Waals surface area (Å²) in [5.41, 5.74) is 0. The summed E-state index contributed by atoms with van der Waals surface area (Å²) >= 11 is 0. The summed E-state index contributed by atoms with van der Waals surface area (Å²) < 4.78 is 0. The van der Waals surface area contributed by atoms with Gasteiger partial charge in [0.15, 0.2) is 0 Å². The molecule has 3 atom stereocenters. The normalized spacial score (nSPS) is 38.5. The Kier molecular flexibility index (Phi) is 2.41. The van der Waals surface area contributed by atoms with E-state index in [-0.39, 0.29) is 12.8 Å². The van der Waals surface area contributed by atoms with Crippen LogP contribution in [0.4, 0.5) is 0 Å². The standard InChI is InChI=1S/C6H11NO4/c8-4-1-2-5(7(10)11)6(9)3-4/h4-6,8-9H,1-3H2. The lowest BCUT2D eigenvalue weighted by Gasteiger charge is -2.24. The van der Waals surface area contributed by atoms with Crippen LogP contribution in [0.1, 0.15) is 19.3 Å². The van der Waals surface area contributed by atoms with Gasteiger partial charge in [0.05, 0.1) is 6.10 Å². The highest BCUT2D eigenvalue weighted by atomic mass is 16.6. The molecule has 0 aromatic carbocycles. The third-order valence-corrected chi connectivity index (χ3v) is 2.02. The van der Waals surface area contributed by atoms with Crippen LogP contribution in [-0.4, -0.2) is 33.4 Å². The smallest absolute Gasteiger partial charge is 0.238 e. The molecule has 0 bridgehead atoms. The number of hydrogen-bond donors (Lipinski definition) is 2. The molecule has 1 rings (SSSR count). The van der Waals surface area contributed by atoms with Crippen LogP contribution in [0, 0.1) is 10.1 Å². The average molecular weight is 161 g/mol. The fourth-order valence-electron chi connectivity index (χ4n) is 1.36. The number of nitrogens with zero attached hydrogens (tertiary/aromatic N) is 1. The zero-order valence-electron chi connectivity index (χ0n) is 6.01. The Balaban J connectivity index is 2.50. The van der Waals surface area contributed by atoms with Crippen molar-refractivity contribution >= 4 is 0 Å². The molecule has 0 heterocycles. The van der Waals surface area contributed by atoms with Crippen LogP contribution in [0.15, 0.2) is 0 Å². The molecule has 2 N–H and O–H groups in total. The van der Waals surface area contributed by atoms with Gasteiger partial charge in [-0.15, -0.1) is 0 Å². The SMILES string of the molecule is O=[N+]([O-])C1CCC(O)CC1O. The van der Waals surface area contributed by atoms with Gasteiger partial charge in [-0.3, -0.25) is 10.1 Å². The molecule has 3 unspecified atom stereocenters. The molecule has 5 nitrogen and oxygen atoms in total. The van der Waals surface area contributed by atoms with Crippen molar-refractivity contribution in [3.63, 3.8) is 0 Å². The number of hydrogen-bond acceptors (Lipinski definition) is 4. The second kappa shape index (κ2) is 3.15. The van der Waals surface area contributed by atoms with Crippen molar-refractivity contribution in [3.8, 4) is 0 Å². The molecule has 0 aromatic heterocycles. The van der Waals surface area contributed by atoms with Crippen LogP contribution in [0.5, 0.6) is 0 Å². The Bertz CT molecular complexity index is 161. The quantitative estimate of drug-likeness (QED) is 0.402. The number of rotatable bonds is 1. The summed E-state index contributed by atoms with van der Waals surface area (Å²) in [4.78, 5) is 9.76. The monoisotopic (exact) mass is 161 g/mol. The Morgan fingerprint density at radius 3 is 2.45 bits per heavy atom. The Morgan fingerprint density at radius 2 is 2.00 bits per heavy atom. The van der Waals surface area contributed by atoms with E-state index in [0.717, 1.165) is 0 Å². The molecule has 64 valence electrons. The highest BCUT2D eigenvalue weighted by Gasteiger charge is 2.35. The van der Waals surface area contributed by atoms with Crippen LogP contribution in [-0.2, 0) is 0 Å². The van der Waals surface area contributed by atoms with Gasteiger partial charge in [0.1, 0.15) is 6.10 Å². The van der Waals surface area contributed by atoms with Gasteiger partial charge in [-0.25, -0.2) is 0 Å². The highest BCUT2D eigenvalue weighted by molar-refractivity contribution is 4.78. The molecule has 0 spiro atoms. The molecule has 5 heteroatoms. The van der Waals surface area contributed by atoms with Crippen molar-refractivity contribution in [2.45, 2.75) is 37.5 Å². The van der Waals surface area contributed by atoms with Gasteiger partial charge in [0.25, 0.3) is 0 Å². The third kappa shape index (κ3) is 1.87. The zero-order chi connectivity index (χ0) is 8.43. The van der Waals surface area contributed by atoms with E-state index in [0.29, 0.717) is 6.42 Å². The molecule has 11 heavy (non-hydrogen) atoms. The van der Waals surface area contributed by atoms with Gasteiger partial charge in [-0.1, -0.05) is 0 Å². The van der Waals surface area contributed by atoms with Crippen LogP contribution >= 0.6 is 0 Å². The molecule has 0 amide bonds. The average Bonchev–Trinajstić information content (AvgIpc) is 1.85. The maximum Gasteiger partial charge on any atom is 0.238 e. The first kappa shape index (κ1) is 8.42. The molecule has 0 radical (unpaired) electrons. The predicted molar refractivity (Wildman–Crippen MR) is 36.6 cm³/mol. The van der Waals surface area contributed by atoms with E-state index in [1.54, 1.807) is 0 Å². The van der Waals surface area contributed by atoms with E-state index in [2.05, 4.69) is 0 Å². The van der Waals surface area contributed by atoms with Gasteiger partial charge in [0.2, 0.25) is 6.04 Å². The van der Waals surface area contributed by atoms with E-state index < -0.39 is 23.2 Å². The maximum atomic E-state index is 10.2. The third-order valence-electron chi connectivity index (χ3n) is 2.02. The van der Waals surface area contributed by atoms with Crippen molar-refractivity contribution in [3.05, 3.63) is 10.1 Å². The Labute approximate surface area is 63.8 Å². The molecule has 0 saturated heterocycles. The minimum atomic E-state index is -0.978. The molecular weight excluding hydrogens is 150 g/mol. The lowest BCUT2D eigenvalue weighted by Crippen LogP contribution is -2.40. The van der Waals surface area contributed by atoms with Crippen molar-refractivity contribution < 1.29 is 15.1 Å². The van der Waals surface area contributed by atoms with E-state index in [4.69, 9.17) is 10.2 Å². The van der Waals surface area contributed by atoms with Gasteiger partial charge in [-0.05, 0) is 6.42 Å². The van der Waals surface area contributed by atoms with Crippen molar-refractivity contribution in [1.82, 2.24) is 0 Å². The minimum Gasteiger partial charge on any atom is -0.393 e. The van der Waals surface area contributed by atoms with Crippen LogP contribution in [0.25, 0.3) is 0 Å². The van der Waals surface area contributed by atoms with Gasteiger partial charge < -0.3 is 10.2 Å². The summed E-state index contributed by atoms with van der Waals surface area (Å²) in [5, 5.41) is 28.3. The molecule has 1 saturated carbocycles. The van der Waals surface area contributed by atoms with Crippen LogP contribution in [0.2, 0.25) is 0 Å². The van der Waals surface area contributed by atoms with Crippen LogP contribution < -0.4 is 0 Å². The lowest BCUT2D eigenvalue weighted by molar-refractivity contribution is -0.538. The first-order valence-corrected chi connectivity index (χ1v) is 3.61. The number of nitro groups is 1. The van der Waals surface area contributed by atoms with Crippen molar-refractivity contribution in [1.29, 1.82) is 0 Å². The summed E-state index contributed by atoms with van der Waals surface area (Å²) in [6, 6.07) is -0.876. The first-order valence-electron chi connectivity index (χ1n) is 3.61. The fourth-order valence-corrected chi connectivity index (χ4v) is 1.36. The second-order valence-corrected chi connectivity index (χ2v) is 2.89. The summed E-state index contributed by atoms with van der Waals surface area (Å²) in [6.45, 7) is 0. The van der Waals surface area contributed by atoms with E-state index in [1.807, 2.05) is 0 Å². The van der Waals surface area contributed by atoms with Gasteiger partial charge >= 0.3 is 0 Å². The minimum absolute atomic E-state index is 0.131. The molecule has 0 aliphatic heterocycles. The summed E-state index contributed by atoms with van der Waals surface area (Å²) in [6.07, 6.45) is -0.723. The molecule has 1 aliphatic carbocycles. The van der Waals surface area contributed by atoms with Crippen molar-refractivity contribution in [2.24, 2.45) is 0 Å². The maximum absolute atomic E-state index is 10.2. The second-order valence-electron chi connectivity index (χ2n) is 2.89. The number of aliphatic hydroxyl groups excluding tert-OH is 2. The summed E-state index contributed by atoms with van der Waals surface area (Å²) in [5.74, 6) is 0. The van der Waals surface area contributed by atoms with E-state index in [9.17, 15) is 10.1 Å². The van der Waals surface area contributed by atoms with E-state index in [1.165, 1.54) is 0 Å². The number of aliphatic hydroxyl groups is 2. The first-order chi connectivity index (χ1) is 5.11. The van der Waals surface area contributed by atoms with Gasteiger partial charge in [0, 0.05) is 17.8 Å². The van der Waals surface area contributed by atoms with Crippen molar-refractivity contribution in [2.75, 3.05) is 0 Å².